The Kier molecular flexibility index (Phi) is 3.95. The van der Waals surface area contributed by atoms with Crippen molar-refractivity contribution in [3.05, 3.63) is 29.3 Å². The summed E-state index contributed by atoms with van der Waals surface area (Å²) >= 11 is 0. The average Bonchev–Trinajstić information content (AvgIpc) is 2.79. The lowest BCUT2D eigenvalue weighted by Crippen LogP contribution is -2.39. The summed E-state index contributed by atoms with van der Waals surface area (Å²) in [5, 5.41) is 2.68. The van der Waals surface area contributed by atoms with Gasteiger partial charge in [-0.25, -0.2) is 0 Å². The van der Waals surface area contributed by atoms with Crippen LogP contribution in [-0.2, 0) is 17.1 Å². The van der Waals surface area contributed by atoms with Crippen molar-refractivity contribution in [3.8, 4) is 0 Å². The van der Waals surface area contributed by atoms with Gasteiger partial charge in [-0.05, 0) is 42.4 Å². The molecule has 26 heavy (non-hydrogen) atoms. The van der Waals surface area contributed by atoms with Crippen LogP contribution in [0.4, 0.5) is 32.0 Å². The normalized spacial score (nSPS) is 30.7. The van der Waals surface area contributed by atoms with Crippen molar-refractivity contribution < 1.29 is 31.1 Å². The van der Waals surface area contributed by atoms with Gasteiger partial charge in [0.25, 0.3) is 0 Å². The molecule has 3 rings (SSSR count). The Morgan fingerprint density at radius 2 is 1.46 bits per heavy atom. The molecule has 0 spiro atoms. The highest BCUT2D eigenvalue weighted by Gasteiger charge is 2.66. The summed E-state index contributed by atoms with van der Waals surface area (Å²) in [5.74, 6) is -0.284. The van der Waals surface area contributed by atoms with Gasteiger partial charge in [0.15, 0.2) is 5.78 Å². The Balaban J connectivity index is 2.00. The standard InChI is InChI=1S/C18H19F6NO/c1-15(2)12-4-5-16(15,3)14(26)13(12)25-11-7-9(17(19,20)21)6-10(8-11)18(22,23)24/h6-8,12-13,25H,4-5H2,1-3H3/t12?,13-,16?/m0/s1. The number of ketones is 1. The minimum Gasteiger partial charge on any atom is -0.375 e. The summed E-state index contributed by atoms with van der Waals surface area (Å²) in [6.07, 6.45) is -8.45. The Labute approximate surface area is 147 Å². The summed E-state index contributed by atoms with van der Waals surface area (Å²) in [6.45, 7) is 5.68. The largest absolute Gasteiger partial charge is 0.416 e. The summed E-state index contributed by atoms with van der Waals surface area (Å²) in [7, 11) is 0. The molecule has 2 saturated carbocycles. The lowest BCUT2D eigenvalue weighted by atomic mass is 9.70. The van der Waals surface area contributed by atoms with E-state index < -0.39 is 34.9 Å². The van der Waals surface area contributed by atoms with Gasteiger partial charge in [-0.1, -0.05) is 20.8 Å². The number of nitrogens with one attached hydrogen (secondary N) is 1. The van der Waals surface area contributed by atoms with Crippen molar-refractivity contribution in [3.63, 3.8) is 0 Å². The third-order valence-electron chi connectivity index (χ3n) is 6.44. The first-order chi connectivity index (χ1) is 11.7. The molecule has 0 aromatic heterocycles. The molecule has 2 nitrogen and oxygen atoms in total. The molecule has 1 aromatic carbocycles. The highest BCUT2D eigenvalue weighted by molar-refractivity contribution is 5.96. The number of Topliss-reactive ketones (excluding diaryl/α,β-unsaturated/α-hetero) is 1. The van der Waals surface area contributed by atoms with Crippen molar-refractivity contribution in [2.75, 3.05) is 5.32 Å². The molecule has 8 heteroatoms. The van der Waals surface area contributed by atoms with Crippen LogP contribution in [-0.4, -0.2) is 11.8 Å². The highest BCUT2D eigenvalue weighted by atomic mass is 19.4. The van der Waals surface area contributed by atoms with Gasteiger partial charge in [0.2, 0.25) is 0 Å². The van der Waals surface area contributed by atoms with Gasteiger partial charge in [0.1, 0.15) is 0 Å². The minimum absolute atomic E-state index is 0.0824. The van der Waals surface area contributed by atoms with E-state index >= 15 is 0 Å². The maximum absolute atomic E-state index is 13.0. The topological polar surface area (TPSA) is 29.1 Å². The summed E-state index contributed by atoms with van der Waals surface area (Å²) in [6, 6.07) is 0.556. The van der Waals surface area contributed by atoms with E-state index in [0.29, 0.717) is 25.0 Å². The quantitative estimate of drug-likeness (QED) is 0.685. The molecule has 2 aliphatic carbocycles. The molecule has 0 saturated heterocycles. The monoisotopic (exact) mass is 379 g/mol. The second-order valence-electron chi connectivity index (χ2n) is 7.98. The van der Waals surface area contributed by atoms with Crippen LogP contribution in [0.5, 0.6) is 0 Å². The molecule has 2 aliphatic rings. The van der Waals surface area contributed by atoms with E-state index in [1.165, 1.54) is 0 Å². The predicted octanol–water partition coefficient (Wildman–Crippen LogP) is 5.53. The van der Waals surface area contributed by atoms with Gasteiger partial charge < -0.3 is 5.32 Å². The summed E-state index contributed by atoms with van der Waals surface area (Å²) in [5.41, 5.74) is -4.11. The van der Waals surface area contributed by atoms with E-state index in [-0.39, 0.29) is 28.9 Å². The molecular formula is C18H19F6NO. The fourth-order valence-corrected chi connectivity index (χ4v) is 4.47. The van der Waals surface area contributed by atoms with E-state index in [0.717, 1.165) is 0 Å². The molecule has 0 radical (unpaired) electrons. The van der Waals surface area contributed by atoms with Gasteiger partial charge in [0.05, 0.1) is 17.2 Å². The Hall–Kier alpha value is -1.73. The van der Waals surface area contributed by atoms with Crippen molar-refractivity contribution in [2.24, 2.45) is 16.7 Å². The number of alkyl halides is 6. The van der Waals surface area contributed by atoms with Gasteiger partial charge in [-0.2, -0.15) is 26.3 Å². The average molecular weight is 379 g/mol. The van der Waals surface area contributed by atoms with E-state index in [1.54, 1.807) is 0 Å². The SMILES string of the molecule is CC12CCC([C@H](Nc3cc(C(F)(F)F)cc(C(F)(F)F)c3)C1=O)C2(C)C. The molecule has 0 aliphatic heterocycles. The number of hydrogen-bond acceptors (Lipinski definition) is 2. The van der Waals surface area contributed by atoms with Gasteiger partial charge in [0, 0.05) is 11.1 Å². The van der Waals surface area contributed by atoms with Crippen LogP contribution in [0.1, 0.15) is 44.7 Å². The third-order valence-corrected chi connectivity index (χ3v) is 6.44. The van der Waals surface area contributed by atoms with Crippen LogP contribution in [0, 0.1) is 16.7 Å². The molecular weight excluding hydrogens is 360 g/mol. The summed E-state index contributed by atoms with van der Waals surface area (Å²) in [4.78, 5) is 12.8. The number of rotatable bonds is 2. The lowest BCUT2D eigenvalue weighted by molar-refractivity contribution is -0.143. The lowest BCUT2D eigenvalue weighted by Gasteiger charge is -2.32. The zero-order valence-electron chi connectivity index (χ0n) is 14.5. The number of carbonyl (C=O) groups excluding carboxylic acids is 1. The van der Waals surface area contributed by atoms with Crippen LogP contribution in [0.2, 0.25) is 0 Å². The molecule has 2 unspecified atom stereocenters. The number of hydrogen-bond donors (Lipinski definition) is 1. The van der Waals surface area contributed by atoms with Crippen molar-refractivity contribution in [2.45, 2.75) is 52.0 Å². The molecule has 0 amide bonds. The van der Waals surface area contributed by atoms with Crippen LogP contribution < -0.4 is 5.32 Å². The fraction of sp³-hybridized carbons (Fsp3) is 0.611. The number of benzene rings is 1. The molecule has 1 N–H and O–H groups in total. The predicted molar refractivity (Wildman–Crippen MR) is 83.5 cm³/mol. The second-order valence-corrected chi connectivity index (χ2v) is 7.98. The number of anilines is 1. The van der Waals surface area contributed by atoms with E-state index in [2.05, 4.69) is 5.32 Å². The van der Waals surface area contributed by atoms with Crippen molar-refractivity contribution in [1.29, 1.82) is 0 Å². The zero-order valence-corrected chi connectivity index (χ0v) is 14.5. The van der Waals surface area contributed by atoms with Gasteiger partial charge >= 0.3 is 12.4 Å². The van der Waals surface area contributed by atoms with E-state index in [4.69, 9.17) is 0 Å². The molecule has 3 atom stereocenters. The highest BCUT2D eigenvalue weighted by Crippen LogP contribution is 2.64. The van der Waals surface area contributed by atoms with Crippen LogP contribution in [0.15, 0.2) is 18.2 Å². The van der Waals surface area contributed by atoms with Crippen LogP contribution >= 0.6 is 0 Å². The minimum atomic E-state index is -4.92. The first kappa shape index (κ1) is 19.0. The number of fused-ring (bicyclic) bond motifs is 2. The maximum Gasteiger partial charge on any atom is 0.416 e. The second kappa shape index (κ2) is 5.39. The molecule has 0 heterocycles. The molecule has 144 valence electrons. The fourth-order valence-electron chi connectivity index (χ4n) is 4.47. The molecule has 1 aromatic rings. The summed E-state index contributed by atoms with van der Waals surface area (Å²) < 4.78 is 78.0. The Morgan fingerprint density at radius 3 is 1.85 bits per heavy atom. The number of halogens is 6. The molecule has 2 fully saturated rings. The van der Waals surface area contributed by atoms with Crippen molar-refractivity contribution >= 4 is 11.5 Å². The smallest absolute Gasteiger partial charge is 0.375 e. The van der Waals surface area contributed by atoms with Crippen LogP contribution in [0.3, 0.4) is 0 Å². The first-order valence-corrected chi connectivity index (χ1v) is 8.28. The first-order valence-electron chi connectivity index (χ1n) is 8.28. The van der Waals surface area contributed by atoms with Crippen LogP contribution in [0.25, 0.3) is 0 Å². The van der Waals surface area contributed by atoms with Gasteiger partial charge in [-0.15, -0.1) is 0 Å². The van der Waals surface area contributed by atoms with E-state index in [9.17, 15) is 31.1 Å². The Morgan fingerprint density at radius 1 is 0.962 bits per heavy atom. The van der Waals surface area contributed by atoms with E-state index in [1.807, 2.05) is 20.8 Å². The molecule has 2 bridgehead atoms. The van der Waals surface area contributed by atoms with Gasteiger partial charge in [-0.3, -0.25) is 4.79 Å². The van der Waals surface area contributed by atoms with Crippen molar-refractivity contribution in [1.82, 2.24) is 0 Å². The zero-order chi connectivity index (χ0) is 19.7. The Bertz CT molecular complexity index is 719. The third kappa shape index (κ3) is 2.68. The number of carbonyl (C=O) groups is 1. The maximum atomic E-state index is 13.0.